The van der Waals surface area contributed by atoms with E-state index in [0.717, 1.165) is 0 Å². The minimum absolute atomic E-state index is 0.0785. The van der Waals surface area contributed by atoms with Crippen LogP contribution in [-0.2, 0) is 5.41 Å². The van der Waals surface area contributed by atoms with Gasteiger partial charge in [-0.15, -0.1) is 0 Å². The fourth-order valence-corrected chi connectivity index (χ4v) is 1.99. The van der Waals surface area contributed by atoms with Crippen molar-refractivity contribution >= 4 is 0 Å². The number of aromatic amines is 1. The van der Waals surface area contributed by atoms with Crippen LogP contribution >= 0.6 is 0 Å². The van der Waals surface area contributed by atoms with Crippen LogP contribution in [0.15, 0.2) is 35.3 Å². The van der Waals surface area contributed by atoms with Crippen molar-refractivity contribution in [3.8, 4) is 22.6 Å². The summed E-state index contributed by atoms with van der Waals surface area (Å²) in [5.41, 5.74) is 1.34. The Morgan fingerprint density at radius 2 is 1.74 bits per heavy atom. The first-order chi connectivity index (χ1) is 8.79. The maximum Gasteiger partial charge on any atom is 0.247 e. The average Bonchev–Trinajstić information content (AvgIpc) is 2.31. The molecule has 4 heteroatoms. The first-order valence-electron chi connectivity index (χ1n) is 6.04. The summed E-state index contributed by atoms with van der Waals surface area (Å²) in [6.45, 7) is 5.88. The lowest BCUT2D eigenvalue weighted by molar-refractivity contribution is 0.436. The molecule has 3 N–H and O–H groups in total. The third-order valence-electron chi connectivity index (χ3n) is 3.02. The molecule has 1 heterocycles. The Morgan fingerprint density at radius 3 is 2.26 bits per heavy atom. The number of benzene rings is 1. The molecule has 0 aliphatic heterocycles. The molecular formula is C15H17NO3. The van der Waals surface area contributed by atoms with Crippen molar-refractivity contribution in [3.05, 3.63) is 46.4 Å². The van der Waals surface area contributed by atoms with Crippen molar-refractivity contribution in [2.45, 2.75) is 26.2 Å². The van der Waals surface area contributed by atoms with Crippen molar-refractivity contribution in [1.82, 2.24) is 4.98 Å². The van der Waals surface area contributed by atoms with Gasteiger partial charge in [-0.05, 0) is 23.6 Å². The number of hydrogen-bond acceptors (Lipinski definition) is 3. The topological polar surface area (TPSA) is 73.3 Å². The Balaban J connectivity index is 2.58. The molecule has 4 nitrogen and oxygen atoms in total. The van der Waals surface area contributed by atoms with E-state index in [1.165, 1.54) is 18.3 Å². The van der Waals surface area contributed by atoms with E-state index < -0.39 is 0 Å². The number of nitrogens with one attached hydrogen (secondary N) is 1. The van der Waals surface area contributed by atoms with E-state index in [9.17, 15) is 15.0 Å². The zero-order chi connectivity index (χ0) is 14.2. The summed E-state index contributed by atoms with van der Waals surface area (Å²) in [7, 11) is 0. The molecule has 0 aliphatic carbocycles. The van der Waals surface area contributed by atoms with Gasteiger partial charge in [0.05, 0.1) is 0 Å². The van der Waals surface area contributed by atoms with Gasteiger partial charge in [0.1, 0.15) is 11.5 Å². The summed E-state index contributed by atoms with van der Waals surface area (Å²) in [4.78, 5) is 13.6. The van der Waals surface area contributed by atoms with Gasteiger partial charge in [-0.3, -0.25) is 4.79 Å². The van der Waals surface area contributed by atoms with Crippen LogP contribution in [0.4, 0.5) is 0 Å². The van der Waals surface area contributed by atoms with Crippen LogP contribution in [0.2, 0.25) is 0 Å². The molecule has 0 fully saturated rings. The first-order valence-corrected chi connectivity index (χ1v) is 6.04. The Bertz CT molecular complexity index is 646. The number of aromatic hydroxyl groups is 2. The van der Waals surface area contributed by atoms with E-state index >= 15 is 0 Å². The summed E-state index contributed by atoms with van der Waals surface area (Å²) in [5, 5.41) is 20.2. The standard InChI is InChI=1S/C15H17NO3/c1-15(2,3)11-7-12(17)10(6-13(11)18)9-4-5-14(19)16-8-9/h4-8,17-18H,1-3H3,(H,16,19). The summed E-state index contributed by atoms with van der Waals surface area (Å²) >= 11 is 0. The number of aromatic nitrogens is 1. The Morgan fingerprint density at radius 1 is 1.05 bits per heavy atom. The predicted octanol–water partition coefficient (Wildman–Crippen LogP) is 2.75. The largest absolute Gasteiger partial charge is 0.508 e. The second kappa shape index (κ2) is 4.46. The highest BCUT2D eigenvalue weighted by molar-refractivity contribution is 5.72. The fourth-order valence-electron chi connectivity index (χ4n) is 1.99. The van der Waals surface area contributed by atoms with Crippen LogP contribution < -0.4 is 5.56 Å². The van der Waals surface area contributed by atoms with E-state index in [4.69, 9.17) is 0 Å². The lowest BCUT2D eigenvalue weighted by Crippen LogP contribution is -2.11. The molecule has 0 unspecified atom stereocenters. The molecule has 0 radical (unpaired) electrons. The average molecular weight is 259 g/mol. The van der Waals surface area contributed by atoms with Crippen LogP contribution in [0.1, 0.15) is 26.3 Å². The molecule has 2 rings (SSSR count). The van der Waals surface area contributed by atoms with Crippen LogP contribution in [0.25, 0.3) is 11.1 Å². The lowest BCUT2D eigenvalue weighted by Gasteiger charge is -2.21. The van der Waals surface area contributed by atoms with E-state index in [0.29, 0.717) is 16.7 Å². The van der Waals surface area contributed by atoms with Gasteiger partial charge in [0.25, 0.3) is 0 Å². The van der Waals surface area contributed by atoms with Crippen molar-refractivity contribution in [2.75, 3.05) is 0 Å². The SMILES string of the molecule is CC(C)(C)c1cc(O)c(-c2ccc(=O)[nH]c2)cc1O. The smallest absolute Gasteiger partial charge is 0.247 e. The van der Waals surface area contributed by atoms with Gasteiger partial charge >= 0.3 is 0 Å². The van der Waals surface area contributed by atoms with Crippen molar-refractivity contribution in [3.63, 3.8) is 0 Å². The Hall–Kier alpha value is -2.23. The predicted molar refractivity (Wildman–Crippen MR) is 74.5 cm³/mol. The third kappa shape index (κ3) is 2.62. The van der Waals surface area contributed by atoms with Gasteiger partial charge in [-0.25, -0.2) is 0 Å². The number of phenolic OH excluding ortho intramolecular Hbond substituents is 2. The molecule has 2 aromatic rings. The first kappa shape index (κ1) is 13.2. The molecule has 0 spiro atoms. The number of rotatable bonds is 1. The summed E-state index contributed by atoms with van der Waals surface area (Å²) in [5.74, 6) is 0.210. The lowest BCUT2D eigenvalue weighted by atomic mass is 9.85. The fraction of sp³-hybridized carbons (Fsp3) is 0.267. The molecule has 0 aliphatic rings. The molecule has 100 valence electrons. The van der Waals surface area contributed by atoms with Gasteiger partial charge in [0.2, 0.25) is 5.56 Å². The number of H-pyrrole nitrogens is 1. The highest BCUT2D eigenvalue weighted by Gasteiger charge is 2.20. The normalized spacial score (nSPS) is 11.5. The van der Waals surface area contributed by atoms with Crippen LogP contribution in [0, 0.1) is 0 Å². The minimum atomic E-state index is -0.259. The van der Waals surface area contributed by atoms with Crippen molar-refractivity contribution in [2.24, 2.45) is 0 Å². The van der Waals surface area contributed by atoms with Crippen LogP contribution in [0.5, 0.6) is 11.5 Å². The molecule has 0 saturated carbocycles. The van der Waals surface area contributed by atoms with Crippen molar-refractivity contribution in [1.29, 1.82) is 0 Å². The molecule has 19 heavy (non-hydrogen) atoms. The van der Waals surface area contributed by atoms with E-state index in [1.54, 1.807) is 12.1 Å². The van der Waals surface area contributed by atoms with Crippen LogP contribution in [-0.4, -0.2) is 15.2 Å². The summed E-state index contributed by atoms with van der Waals surface area (Å²) < 4.78 is 0. The summed E-state index contributed by atoms with van der Waals surface area (Å²) in [6.07, 6.45) is 1.51. The molecule has 0 amide bonds. The quantitative estimate of drug-likeness (QED) is 0.689. The minimum Gasteiger partial charge on any atom is -0.508 e. The molecule has 0 bridgehead atoms. The second-order valence-electron chi connectivity index (χ2n) is 5.58. The third-order valence-corrected chi connectivity index (χ3v) is 3.02. The van der Waals surface area contributed by atoms with E-state index in [1.807, 2.05) is 20.8 Å². The van der Waals surface area contributed by atoms with Gasteiger partial charge in [0, 0.05) is 29.0 Å². The maximum absolute atomic E-state index is 11.0. The van der Waals surface area contributed by atoms with Crippen molar-refractivity contribution < 1.29 is 10.2 Å². The maximum atomic E-state index is 11.0. The van der Waals surface area contributed by atoms with Gasteiger partial charge < -0.3 is 15.2 Å². The monoisotopic (exact) mass is 259 g/mol. The Labute approximate surface area is 111 Å². The Kier molecular flexibility index (Phi) is 3.10. The van der Waals surface area contributed by atoms with E-state index in [-0.39, 0.29) is 22.5 Å². The van der Waals surface area contributed by atoms with E-state index in [2.05, 4.69) is 4.98 Å². The zero-order valence-corrected chi connectivity index (χ0v) is 11.2. The highest BCUT2D eigenvalue weighted by Crippen LogP contribution is 2.39. The van der Waals surface area contributed by atoms with Gasteiger partial charge in [-0.2, -0.15) is 0 Å². The molecular weight excluding hydrogens is 242 g/mol. The molecule has 1 aromatic heterocycles. The number of hydrogen-bond donors (Lipinski definition) is 3. The number of phenols is 2. The highest BCUT2D eigenvalue weighted by atomic mass is 16.3. The van der Waals surface area contributed by atoms with Gasteiger partial charge in [0.15, 0.2) is 0 Å². The zero-order valence-electron chi connectivity index (χ0n) is 11.2. The number of pyridine rings is 1. The van der Waals surface area contributed by atoms with Crippen LogP contribution in [0.3, 0.4) is 0 Å². The van der Waals surface area contributed by atoms with Gasteiger partial charge in [-0.1, -0.05) is 20.8 Å². The molecule has 0 atom stereocenters. The summed E-state index contributed by atoms with van der Waals surface area (Å²) in [6, 6.07) is 6.06. The molecule has 1 aromatic carbocycles. The molecule has 0 saturated heterocycles. The second-order valence-corrected chi connectivity index (χ2v) is 5.58.